The number of halogens is 2. The van der Waals surface area contributed by atoms with E-state index in [1.165, 1.54) is 12.1 Å². The topological polar surface area (TPSA) is 51.2 Å². The summed E-state index contributed by atoms with van der Waals surface area (Å²) in [5, 5.41) is 3.89. The van der Waals surface area contributed by atoms with E-state index in [2.05, 4.69) is 10.3 Å². The van der Waals surface area contributed by atoms with Crippen molar-refractivity contribution in [1.82, 2.24) is 10.3 Å². The van der Waals surface area contributed by atoms with Crippen molar-refractivity contribution in [3.8, 4) is 0 Å². The number of carbonyl (C=O) groups excluding carboxylic acids is 1. The number of hydrogen-bond acceptors (Lipinski definition) is 4. The van der Waals surface area contributed by atoms with Crippen molar-refractivity contribution >= 4 is 17.2 Å². The lowest BCUT2D eigenvalue weighted by Gasteiger charge is -2.38. The molecule has 1 N–H and O–H groups in total. The van der Waals surface area contributed by atoms with Gasteiger partial charge in [0.1, 0.15) is 11.6 Å². The van der Waals surface area contributed by atoms with Gasteiger partial charge in [0.2, 0.25) is 5.91 Å². The summed E-state index contributed by atoms with van der Waals surface area (Å²) >= 11 is 1.54. The number of thiazole rings is 1. The summed E-state index contributed by atoms with van der Waals surface area (Å²) in [7, 11) is 0. The summed E-state index contributed by atoms with van der Waals surface area (Å²) in [6.07, 6.45) is 1.02. The maximum atomic E-state index is 14.4. The monoisotopic (exact) mass is 366 g/mol. The summed E-state index contributed by atoms with van der Waals surface area (Å²) in [6.45, 7) is 4.64. The van der Waals surface area contributed by atoms with Gasteiger partial charge >= 0.3 is 0 Å². The van der Waals surface area contributed by atoms with Crippen LogP contribution in [0.2, 0.25) is 0 Å². The molecule has 2 heterocycles. The third-order valence-corrected chi connectivity index (χ3v) is 5.43. The molecule has 4 nitrogen and oxygen atoms in total. The molecule has 1 fully saturated rings. The molecule has 0 bridgehead atoms. The Labute approximate surface area is 149 Å². The second kappa shape index (κ2) is 7.17. The highest BCUT2D eigenvalue weighted by Crippen LogP contribution is 2.34. The van der Waals surface area contributed by atoms with Crippen molar-refractivity contribution in [2.24, 2.45) is 0 Å². The van der Waals surface area contributed by atoms with Crippen molar-refractivity contribution in [2.75, 3.05) is 13.2 Å². The van der Waals surface area contributed by atoms with E-state index in [9.17, 15) is 13.6 Å². The summed E-state index contributed by atoms with van der Waals surface area (Å²) in [5.74, 6) is -1.51. The molecular weight excluding hydrogens is 346 g/mol. The van der Waals surface area contributed by atoms with Gasteiger partial charge in [-0.25, -0.2) is 13.8 Å². The van der Waals surface area contributed by atoms with Gasteiger partial charge < -0.3 is 10.1 Å². The molecule has 0 atom stereocenters. The van der Waals surface area contributed by atoms with Gasteiger partial charge in [-0.1, -0.05) is 6.07 Å². The normalized spacial score (nSPS) is 16.6. The number of hydrogen-bond donors (Lipinski definition) is 1. The van der Waals surface area contributed by atoms with Crippen molar-refractivity contribution in [1.29, 1.82) is 0 Å². The van der Waals surface area contributed by atoms with Crippen LogP contribution in [0.4, 0.5) is 8.78 Å². The second-order valence-corrected chi connectivity index (χ2v) is 7.69. The molecule has 0 aliphatic carbocycles. The van der Waals surface area contributed by atoms with Gasteiger partial charge in [0.15, 0.2) is 0 Å². The summed E-state index contributed by atoms with van der Waals surface area (Å²) < 4.78 is 33.0. The van der Waals surface area contributed by atoms with Gasteiger partial charge in [-0.15, -0.1) is 11.3 Å². The average Bonchev–Trinajstić information content (AvgIpc) is 2.85. The Morgan fingerprint density at radius 3 is 2.64 bits per heavy atom. The molecule has 0 unspecified atom stereocenters. The Hall–Kier alpha value is -1.86. The van der Waals surface area contributed by atoms with Gasteiger partial charge in [0, 0.05) is 29.7 Å². The highest BCUT2D eigenvalue weighted by Gasteiger charge is 2.38. The van der Waals surface area contributed by atoms with Crippen LogP contribution in [0, 0.1) is 25.5 Å². The van der Waals surface area contributed by atoms with Gasteiger partial charge in [-0.2, -0.15) is 0 Å². The van der Waals surface area contributed by atoms with E-state index < -0.39 is 17.2 Å². The summed E-state index contributed by atoms with van der Waals surface area (Å²) in [5.41, 5.74) is 0.157. The summed E-state index contributed by atoms with van der Waals surface area (Å²) in [6, 6.07) is 3.48. The summed E-state index contributed by atoms with van der Waals surface area (Å²) in [4.78, 5) is 18.0. The van der Waals surface area contributed by atoms with Crippen LogP contribution in [0.25, 0.3) is 0 Å². The molecule has 1 saturated heterocycles. The minimum atomic E-state index is -0.883. The third-order valence-electron chi connectivity index (χ3n) is 4.50. The SMILES string of the molecule is Cc1nc(CC(=O)NC2(c3ccc(F)cc3F)CCOCC2)c(C)s1. The molecule has 134 valence electrons. The zero-order chi connectivity index (χ0) is 18.0. The van der Waals surface area contributed by atoms with Crippen molar-refractivity contribution in [3.05, 3.63) is 51.0 Å². The standard InChI is InChI=1S/C18H20F2N2O2S/c1-11-16(21-12(2)25-11)10-17(23)22-18(5-7-24-8-6-18)14-4-3-13(19)9-15(14)20/h3-4,9H,5-8,10H2,1-2H3,(H,22,23). The Kier molecular flexibility index (Phi) is 5.15. The van der Waals surface area contributed by atoms with Gasteiger partial charge in [-0.05, 0) is 32.8 Å². The van der Waals surface area contributed by atoms with Crippen LogP contribution in [0.15, 0.2) is 18.2 Å². The first-order valence-corrected chi connectivity index (χ1v) is 8.98. The predicted octanol–water partition coefficient (Wildman–Crippen LogP) is 3.40. The van der Waals surface area contributed by atoms with E-state index in [1.807, 2.05) is 13.8 Å². The minimum Gasteiger partial charge on any atom is -0.381 e. The van der Waals surface area contributed by atoms with Crippen LogP contribution < -0.4 is 5.32 Å². The number of benzene rings is 1. The number of carbonyl (C=O) groups is 1. The Bertz CT molecular complexity index is 785. The second-order valence-electron chi connectivity index (χ2n) is 6.28. The van der Waals surface area contributed by atoms with E-state index in [4.69, 9.17) is 4.74 Å². The van der Waals surface area contributed by atoms with Crippen molar-refractivity contribution < 1.29 is 18.3 Å². The highest BCUT2D eigenvalue weighted by atomic mass is 32.1. The molecule has 1 aliphatic heterocycles. The first kappa shape index (κ1) is 17.9. The molecular formula is C18H20F2N2O2S. The fourth-order valence-electron chi connectivity index (χ4n) is 3.26. The average molecular weight is 366 g/mol. The third kappa shape index (κ3) is 3.88. The van der Waals surface area contributed by atoms with Gasteiger partial charge in [0.25, 0.3) is 0 Å². The largest absolute Gasteiger partial charge is 0.381 e. The van der Waals surface area contributed by atoms with Crippen LogP contribution in [-0.4, -0.2) is 24.1 Å². The van der Waals surface area contributed by atoms with E-state index >= 15 is 0 Å². The molecule has 1 aromatic heterocycles. The molecule has 25 heavy (non-hydrogen) atoms. The van der Waals surface area contributed by atoms with Crippen LogP contribution in [0.1, 0.15) is 34.0 Å². The number of aromatic nitrogens is 1. The number of rotatable bonds is 4. The number of amides is 1. The fourth-order valence-corrected chi connectivity index (χ4v) is 4.09. The van der Waals surface area contributed by atoms with Crippen LogP contribution in [-0.2, 0) is 21.5 Å². The van der Waals surface area contributed by atoms with Crippen molar-refractivity contribution in [3.63, 3.8) is 0 Å². The Morgan fingerprint density at radius 1 is 1.32 bits per heavy atom. The lowest BCUT2D eigenvalue weighted by atomic mass is 9.82. The number of nitrogens with zero attached hydrogens (tertiary/aromatic N) is 1. The predicted molar refractivity (Wildman–Crippen MR) is 91.5 cm³/mol. The number of nitrogens with one attached hydrogen (secondary N) is 1. The maximum Gasteiger partial charge on any atom is 0.226 e. The number of ether oxygens (including phenoxy) is 1. The lowest BCUT2D eigenvalue weighted by Crippen LogP contribution is -2.50. The van der Waals surface area contributed by atoms with Crippen molar-refractivity contribution in [2.45, 2.75) is 38.6 Å². The fraction of sp³-hybridized carbons (Fsp3) is 0.444. The first-order chi connectivity index (χ1) is 11.9. The minimum absolute atomic E-state index is 0.140. The molecule has 0 radical (unpaired) electrons. The maximum absolute atomic E-state index is 14.4. The van der Waals surface area contributed by atoms with Crippen LogP contribution >= 0.6 is 11.3 Å². The molecule has 1 aliphatic rings. The molecule has 7 heteroatoms. The van der Waals surface area contributed by atoms with E-state index in [1.54, 1.807) is 11.3 Å². The number of aryl methyl sites for hydroxylation is 2. The van der Waals surface area contributed by atoms with Crippen LogP contribution in [0.5, 0.6) is 0 Å². The molecule has 0 saturated carbocycles. The van der Waals surface area contributed by atoms with E-state index in [-0.39, 0.29) is 12.3 Å². The first-order valence-electron chi connectivity index (χ1n) is 8.17. The molecule has 0 spiro atoms. The zero-order valence-corrected chi connectivity index (χ0v) is 15.0. The molecule has 2 aromatic rings. The van der Waals surface area contributed by atoms with E-state index in [0.717, 1.165) is 21.6 Å². The van der Waals surface area contributed by atoms with Gasteiger partial charge in [0.05, 0.1) is 22.7 Å². The van der Waals surface area contributed by atoms with E-state index in [0.29, 0.717) is 31.6 Å². The highest BCUT2D eigenvalue weighted by molar-refractivity contribution is 7.11. The molecule has 1 aromatic carbocycles. The molecule has 1 amide bonds. The Morgan fingerprint density at radius 2 is 2.04 bits per heavy atom. The van der Waals surface area contributed by atoms with Gasteiger partial charge in [-0.3, -0.25) is 4.79 Å². The van der Waals surface area contributed by atoms with Crippen LogP contribution in [0.3, 0.4) is 0 Å². The quantitative estimate of drug-likeness (QED) is 0.902. The molecule has 3 rings (SSSR count). The zero-order valence-electron chi connectivity index (χ0n) is 14.2. The Balaban J connectivity index is 1.85. The smallest absolute Gasteiger partial charge is 0.226 e. The lowest BCUT2D eigenvalue weighted by molar-refractivity contribution is -0.124.